The number of ether oxygens (including phenoxy) is 1. The van der Waals surface area contributed by atoms with E-state index in [0.29, 0.717) is 13.1 Å². The first-order chi connectivity index (χ1) is 11.0. The maximum Gasteiger partial charge on any atom is 0.191 e. The molecule has 1 aliphatic heterocycles. The van der Waals surface area contributed by atoms with Crippen molar-refractivity contribution in [3.8, 4) is 0 Å². The van der Waals surface area contributed by atoms with Gasteiger partial charge in [-0.15, -0.1) is 34.2 Å². The maximum absolute atomic E-state index is 5.58. The molecule has 1 aliphatic rings. The van der Waals surface area contributed by atoms with Crippen LogP contribution in [0.4, 0.5) is 0 Å². The lowest BCUT2D eigenvalue weighted by molar-refractivity contribution is 0.0205. The summed E-state index contributed by atoms with van der Waals surface area (Å²) in [6.45, 7) is 11.7. The molecule has 2 N–H and O–H groups in total. The summed E-state index contributed by atoms with van der Waals surface area (Å²) in [5.74, 6) is 2.81. The normalized spacial score (nSPS) is 15.6. The zero-order valence-corrected chi connectivity index (χ0v) is 17.8. The van der Waals surface area contributed by atoms with Crippen LogP contribution in [0.5, 0.6) is 0 Å². The molecule has 0 aromatic carbocycles. The number of rotatable bonds is 6. The fourth-order valence-corrected chi connectivity index (χ4v) is 2.75. The van der Waals surface area contributed by atoms with Crippen LogP contribution in [0.25, 0.3) is 0 Å². The molecule has 0 bridgehead atoms. The quantitative estimate of drug-likeness (QED) is 0.394. The summed E-state index contributed by atoms with van der Waals surface area (Å²) in [6.07, 6.45) is 2.29. The highest BCUT2D eigenvalue weighted by atomic mass is 127. The van der Waals surface area contributed by atoms with Crippen molar-refractivity contribution in [1.82, 2.24) is 25.4 Å². The smallest absolute Gasteiger partial charge is 0.191 e. The van der Waals surface area contributed by atoms with Crippen molar-refractivity contribution in [2.75, 3.05) is 20.2 Å². The number of fused-ring (bicyclic) bond motifs is 1. The van der Waals surface area contributed by atoms with E-state index in [-0.39, 0.29) is 35.5 Å². The van der Waals surface area contributed by atoms with Crippen LogP contribution < -0.4 is 10.6 Å². The van der Waals surface area contributed by atoms with Crippen molar-refractivity contribution < 1.29 is 4.74 Å². The number of hydrogen-bond acceptors (Lipinski definition) is 4. The number of hydrogen-bond donors (Lipinski definition) is 2. The van der Waals surface area contributed by atoms with Crippen LogP contribution >= 0.6 is 24.0 Å². The first kappa shape index (κ1) is 21.1. The molecule has 8 heteroatoms. The van der Waals surface area contributed by atoms with Gasteiger partial charge in [-0.2, -0.15) is 0 Å². The minimum absolute atomic E-state index is 0. The molecular weight excluding hydrogens is 419 g/mol. The highest BCUT2D eigenvalue weighted by molar-refractivity contribution is 14.0. The van der Waals surface area contributed by atoms with Crippen molar-refractivity contribution >= 4 is 29.9 Å². The van der Waals surface area contributed by atoms with Gasteiger partial charge in [0.05, 0.1) is 6.10 Å². The van der Waals surface area contributed by atoms with E-state index in [9.17, 15) is 0 Å². The van der Waals surface area contributed by atoms with Crippen molar-refractivity contribution in [1.29, 1.82) is 0 Å². The number of methoxy groups -OCH3 is 1. The Kier molecular flexibility index (Phi) is 8.41. The molecule has 0 amide bonds. The fourth-order valence-electron chi connectivity index (χ4n) is 2.75. The molecule has 2 heterocycles. The first-order valence-corrected chi connectivity index (χ1v) is 8.41. The predicted octanol–water partition coefficient (Wildman–Crippen LogP) is 1.96. The third-order valence-corrected chi connectivity index (χ3v) is 4.11. The van der Waals surface area contributed by atoms with Gasteiger partial charge in [0.2, 0.25) is 0 Å². The molecule has 0 radical (unpaired) electrons. The summed E-state index contributed by atoms with van der Waals surface area (Å²) in [5, 5.41) is 15.1. The van der Waals surface area contributed by atoms with E-state index in [2.05, 4.69) is 58.1 Å². The summed E-state index contributed by atoms with van der Waals surface area (Å²) in [4.78, 5) is 4.64. The maximum atomic E-state index is 5.58. The Bertz CT molecular complexity index is 537. The second kappa shape index (κ2) is 9.55. The number of aromatic nitrogens is 3. The standard InChI is InChI=1S/C16H30N6O.HI/c1-6-17-15(18-10-12(23-5)16(2,3)4)19-11-14-21-20-13-8-7-9-22(13)14;/h12H,6-11H2,1-5H3,(H2,17,18,19);1H. The molecule has 0 saturated heterocycles. The minimum Gasteiger partial charge on any atom is -0.379 e. The Labute approximate surface area is 162 Å². The highest BCUT2D eigenvalue weighted by Gasteiger charge is 2.24. The third-order valence-electron chi connectivity index (χ3n) is 4.11. The van der Waals surface area contributed by atoms with Gasteiger partial charge in [-0.3, -0.25) is 0 Å². The zero-order chi connectivity index (χ0) is 16.9. The van der Waals surface area contributed by atoms with Gasteiger partial charge in [-0.05, 0) is 18.8 Å². The molecule has 24 heavy (non-hydrogen) atoms. The molecule has 0 spiro atoms. The summed E-state index contributed by atoms with van der Waals surface area (Å²) in [7, 11) is 1.75. The monoisotopic (exact) mass is 450 g/mol. The molecular formula is C16H31IN6O. The van der Waals surface area contributed by atoms with Crippen molar-refractivity contribution in [2.45, 2.75) is 59.7 Å². The van der Waals surface area contributed by atoms with E-state index in [4.69, 9.17) is 4.74 Å². The van der Waals surface area contributed by atoms with Gasteiger partial charge in [-0.25, -0.2) is 4.99 Å². The molecule has 0 aliphatic carbocycles. The van der Waals surface area contributed by atoms with E-state index in [1.54, 1.807) is 7.11 Å². The first-order valence-electron chi connectivity index (χ1n) is 8.41. The number of nitrogens with zero attached hydrogens (tertiary/aromatic N) is 4. The summed E-state index contributed by atoms with van der Waals surface area (Å²) < 4.78 is 7.76. The Hall–Kier alpha value is -0.900. The van der Waals surface area contributed by atoms with Gasteiger partial charge >= 0.3 is 0 Å². The Balaban J connectivity index is 0.00000288. The fraction of sp³-hybridized carbons (Fsp3) is 0.812. The molecule has 0 saturated carbocycles. The molecule has 1 aromatic heterocycles. The van der Waals surface area contributed by atoms with Gasteiger partial charge in [0.15, 0.2) is 11.8 Å². The topological polar surface area (TPSA) is 76.4 Å². The van der Waals surface area contributed by atoms with E-state index < -0.39 is 0 Å². The SMILES string of the molecule is CCNC(=NCc1nnc2n1CCC2)NCC(OC)C(C)(C)C.I. The highest BCUT2D eigenvalue weighted by Crippen LogP contribution is 2.21. The van der Waals surface area contributed by atoms with Crippen molar-refractivity contribution in [3.05, 3.63) is 11.6 Å². The number of guanidine groups is 1. The van der Waals surface area contributed by atoms with E-state index >= 15 is 0 Å². The Morgan fingerprint density at radius 3 is 2.71 bits per heavy atom. The number of aliphatic imine (C=N–C) groups is 1. The lowest BCUT2D eigenvalue weighted by Gasteiger charge is -2.30. The summed E-state index contributed by atoms with van der Waals surface area (Å²) in [6, 6.07) is 0. The lowest BCUT2D eigenvalue weighted by atomic mass is 9.89. The predicted molar refractivity (Wildman–Crippen MR) is 107 cm³/mol. The van der Waals surface area contributed by atoms with Crippen molar-refractivity contribution in [2.24, 2.45) is 10.4 Å². The van der Waals surface area contributed by atoms with Crippen LogP contribution in [-0.2, 0) is 24.2 Å². The second-order valence-corrected chi connectivity index (χ2v) is 6.95. The molecule has 1 unspecified atom stereocenters. The molecule has 138 valence electrons. The average Bonchev–Trinajstić information content (AvgIpc) is 3.07. The zero-order valence-electron chi connectivity index (χ0n) is 15.4. The lowest BCUT2D eigenvalue weighted by Crippen LogP contribution is -2.45. The van der Waals surface area contributed by atoms with Gasteiger partial charge in [0.1, 0.15) is 12.4 Å². The van der Waals surface area contributed by atoms with Crippen LogP contribution in [0, 0.1) is 5.41 Å². The van der Waals surface area contributed by atoms with Crippen molar-refractivity contribution in [3.63, 3.8) is 0 Å². The number of nitrogens with one attached hydrogen (secondary N) is 2. The van der Waals surface area contributed by atoms with Gasteiger partial charge in [0.25, 0.3) is 0 Å². The third kappa shape index (κ3) is 5.58. The van der Waals surface area contributed by atoms with E-state index in [1.807, 2.05) is 0 Å². The molecule has 0 fully saturated rings. The largest absolute Gasteiger partial charge is 0.379 e. The van der Waals surface area contributed by atoms with E-state index in [0.717, 1.165) is 43.5 Å². The molecule has 7 nitrogen and oxygen atoms in total. The Morgan fingerprint density at radius 1 is 1.33 bits per heavy atom. The van der Waals surface area contributed by atoms with Crippen LogP contribution in [-0.4, -0.2) is 47.0 Å². The molecule has 1 aromatic rings. The molecule has 2 rings (SSSR count). The van der Waals surface area contributed by atoms with Crippen LogP contribution in [0.1, 0.15) is 45.8 Å². The van der Waals surface area contributed by atoms with E-state index in [1.165, 1.54) is 0 Å². The Morgan fingerprint density at radius 2 is 2.08 bits per heavy atom. The summed E-state index contributed by atoms with van der Waals surface area (Å²) >= 11 is 0. The average molecular weight is 450 g/mol. The van der Waals surface area contributed by atoms with Gasteiger partial charge in [0, 0.05) is 33.2 Å². The number of halogens is 1. The van der Waals surface area contributed by atoms with Crippen LogP contribution in [0.15, 0.2) is 4.99 Å². The van der Waals surface area contributed by atoms with Gasteiger partial charge in [-0.1, -0.05) is 20.8 Å². The van der Waals surface area contributed by atoms with Crippen LogP contribution in [0.3, 0.4) is 0 Å². The second-order valence-electron chi connectivity index (χ2n) is 6.95. The number of aryl methyl sites for hydroxylation is 1. The minimum atomic E-state index is 0. The summed E-state index contributed by atoms with van der Waals surface area (Å²) in [5.41, 5.74) is 0.0763. The van der Waals surface area contributed by atoms with Crippen LogP contribution in [0.2, 0.25) is 0 Å². The molecule has 1 atom stereocenters. The van der Waals surface area contributed by atoms with Gasteiger partial charge < -0.3 is 19.9 Å².